The molecule has 0 atom stereocenters. The highest BCUT2D eigenvalue weighted by atomic mass is 19.3. The standard InChI is InChI=1S/C10H8F2N2O3/c1-16-9-6(10(15)17-2)3-5(8(11)12)7(4-13)14-9/h3,8H,1-2H3. The van der Waals surface area contributed by atoms with Crippen molar-refractivity contribution in [3.8, 4) is 11.9 Å². The zero-order valence-electron chi connectivity index (χ0n) is 9.03. The van der Waals surface area contributed by atoms with Crippen LogP contribution in [0.4, 0.5) is 8.78 Å². The van der Waals surface area contributed by atoms with E-state index in [-0.39, 0.29) is 11.4 Å². The van der Waals surface area contributed by atoms with Crippen LogP contribution < -0.4 is 4.74 Å². The van der Waals surface area contributed by atoms with E-state index in [0.717, 1.165) is 13.2 Å². The van der Waals surface area contributed by atoms with Crippen molar-refractivity contribution in [3.05, 3.63) is 22.9 Å². The molecule has 0 bridgehead atoms. The third-order valence-electron chi connectivity index (χ3n) is 1.96. The summed E-state index contributed by atoms with van der Waals surface area (Å²) in [5.41, 5.74) is -1.36. The van der Waals surface area contributed by atoms with Gasteiger partial charge in [0.1, 0.15) is 11.6 Å². The summed E-state index contributed by atoms with van der Waals surface area (Å²) in [7, 11) is 2.31. The highest BCUT2D eigenvalue weighted by Gasteiger charge is 2.22. The second-order valence-electron chi connectivity index (χ2n) is 2.89. The summed E-state index contributed by atoms with van der Waals surface area (Å²) in [5.74, 6) is -1.08. The largest absolute Gasteiger partial charge is 0.480 e. The minimum Gasteiger partial charge on any atom is -0.480 e. The first kappa shape index (κ1) is 12.8. The minimum atomic E-state index is -2.91. The Kier molecular flexibility index (Phi) is 3.93. The van der Waals surface area contributed by atoms with Crippen molar-refractivity contribution in [1.29, 1.82) is 5.26 Å². The van der Waals surface area contributed by atoms with Crippen LogP contribution in [0.15, 0.2) is 6.07 Å². The van der Waals surface area contributed by atoms with E-state index in [9.17, 15) is 13.6 Å². The average Bonchev–Trinajstić information content (AvgIpc) is 2.35. The van der Waals surface area contributed by atoms with Gasteiger partial charge in [-0.3, -0.25) is 0 Å². The molecule has 5 nitrogen and oxygen atoms in total. The van der Waals surface area contributed by atoms with Crippen LogP contribution >= 0.6 is 0 Å². The summed E-state index contributed by atoms with van der Waals surface area (Å²) in [6, 6.07) is 2.36. The van der Waals surface area contributed by atoms with Crippen molar-refractivity contribution in [1.82, 2.24) is 4.98 Å². The molecule has 0 aliphatic carbocycles. The number of nitrogens with zero attached hydrogens (tertiary/aromatic N) is 2. The molecule has 1 aromatic rings. The molecule has 17 heavy (non-hydrogen) atoms. The number of carbonyl (C=O) groups is 1. The fraction of sp³-hybridized carbons (Fsp3) is 0.300. The molecule has 7 heteroatoms. The lowest BCUT2D eigenvalue weighted by Crippen LogP contribution is -2.09. The molecule has 1 aromatic heterocycles. The van der Waals surface area contributed by atoms with Gasteiger partial charge in [0.05, 0.1) is 19.8 Å². The van der Waals surface area contributed by atoms with Crippen molar-refractivity contribution in [2.75, 3.05) is 14.2 Å². The predicted molar refractivity (Wildman–Crippen MR) is 51.8 cm³/mol. The molecule has 0 amide bonds. The second kappa shape index (κ2) is 5.21. The Morgan fingerprint density at radius 1 is 1.53 bits per heavy atom. The number of halogens is 2. The molecule has 0 aliphatic rings. The molecule has 0 fully saturated rings. The second-order valence-corrected chi connectivity index (χ2v) is 2.89. The number of carbonyl (C=O) groups excluding carboxylic acids is 1. The van der Waals surface area contributed by atoms with Gasteiger partial charge in [0, 0.05) is 0 Å². The highest BCUT2D eigenvalue weighted by Crippen LogP contribution is 2.27. The molecular weight excluding hydrogens is 234 g/mol. The van der Waals surface area contributed by atoms with E-state index in [1.807, 2.05) is 0 Å². The van der Waals surface area contributed by atoms with E-state index in [1.165, 1.54) is 13.2 Å². The molecule has 0 saturated heterocycles. The van der Waals surface area contributed by atoms with Gasteiger partial charge in [-0.15, -0.1) is 0 Å². The maximum atomic E-state index is 12.6. The monoisotopic (exact) mass is 242 g/mol. The number of nitriles is 1. The quantitative estimate of drug-likeness (QED) is 0.754. The number of esters is 1. The summed E-state index contributed by atoms with van der Waals surface area (Å²) >= 11 is 0. The number of ether oxygens (including phenoxy) is 2. The Morgan fingerprint density at radius 3 is 2.59 bits per heavy atom. The van der Waals surface area contributed by atoms with Gasteiger partial charge in [-0.2, -0.15) is 5.26 Å². The zero-order valence-corrected chi connectivity index (χ0v) is 9.03. The average molecular weight is 242 g/mol. The van der Waals surface area contributed by atoms with Crippen LogP contribution in [0.1, 0.15) is 28.0 Å². The zero-order chi connectivity index (χ0) is 13.0. The van der Waals surface area contributed by atoms with Crippen LogP contribution in [0.25, 0.3) is 0 Å². The lowest BCUT2D eigenvalue weighted by atomic mass is 10.1. The molecule has 1 rings (SSSR count). The van der Waals surface area contributed by atoms with Crippen molar-refractivity contribution in [3.63, 3.8) is 0 Å². The van der Waals surface area contributed by atoms with Gasteiger partial charge in [-0.25, -0.2) is 18.6 Å². The van der Waals surface area contributed by atoms with Gasteiger partial charge in [0.25, 0.3) is 6.43 Å². The molecule has 0 saturated carbocycles. The lowest BCUT2D eigenvalue weighted by Gasteiger charge is -2.09. The van der Waals surface area contributed by atoms with Crippen LogP contribution in [0.2, 0.25) is 0 Å². The van der Waals surface area contributed by atoms with Crippen LogP contribution in [0.5, 0.6) is 5.88 Å². The Labute approximate surface area is 95.6 Å². The number of methoxy groups -OCH3 is 2. The SMILES string of the molecule is COC(=O)c1cc(C(F)F)c(C#N)nc1OC. The van der Waals surface area contributed by atoms with Crippen LogP contribution in [0.3, 0.4) is 0 Å². The first-order valence-electron chi connectivity index (χ1n) is 4.40. The Bertz CT molecular complexity index is 483. The lowest BCUT2D eigenvalue weighted by molar-refractivity contribution is 0.0595. The molecule has 0 aliphatic heterocycles. The van der Waals surface area contributed by atoms with Gasteiger partial charge >= 0.3 is 5.97 Å². The fourth-order valence-electron chi connectivity index (χ4n) is 1.18. The summed E-state index contributed by atoms with van der Waals surface area (Å²) in [6.45, 7) is 0. The van der Waals surface area contributed by atoms with Crippen molar-refractivity contribution < 1.29 is 23.0 Å². The molecule has 0 N–H and O–H groups in total. The molecular formula is C10H8F2N2O3. The smallest absolute Gasteiger partial charge is 0.343 e. The summed E-state index contributed by atoms with van der Waals surface area (Å²) in [5, 5.41) is 8.66. The van der Waals surface area contributed by atoms with Crippen molar-refractivity contribution in [2.24, 2.45) is 0 Å². The number of pyridine rings is 1. The van der Waals surface area contributed by atoms with Gasteiger partial charge in [-0.1, -0.05) is 0 Å². The Morgan fingerprint density at radius 2 is 2.18 bits per heavy atom. The molecule has 0 unspecified atom stereocenters. The van der Waals surface area contributed by atoms with E-state index < -0.39 is 23.7 Å². The minimum absolute atomic E-state index is 0.224. The third kappa shape index (κ3) is 2.47. The first-order chi connectivity index (χ1) is 8.04. The van der Waals surface area contributed by atoms with Gasteiger partial charge in [-0.05, 0) is 6.07 Å². The van der Waals surface area contributed by atoms with E-state index in [1.54, 1.807) is 0 Å². The van der Waals surface area contributed by atoms with Crippen LogP contribution in [-0.2, 0) is 4.74 Å². The molecule has 0 spiro atoms. The summed E-state index contributed by atoms with van der Waals surface area (Å²) in [6.07, 6.45) is -2.91. The van der Waals surface area contributed by atoms with Crippen LogP contribution in [-0.4, -0.2) is 25.2 Å². The molecule has 0 aromatic carbocycles. The first-order valence-corrected chi connectivity index (χ1v) is 4.40. The van der Waals surface area contributed by atoms with Crippen LogP contribution in [0, 0.1) is 11.3 Å². The number of hydrogen-bond donors (Lipinski definition) is 0. The maximum absolute atomic E-state index is 12.6. The molecule has 90 valence electrons. The topological polar surface area (TPSA) is 72.2 Å². The van der Waals surface area contributed by atoms with Gasteiger partial charge in [0.15, 0.2) is 5.69 Å². The number of rotatable bonds is 3. The normalized spacial score (nSPS) is 9.88. The maximum Gasteiger partial charge on any atom is 0.343 e. The number of hydrogen-bond acceptors (Lipinski definition) is 5. The fourth-order valence-corrected chi connectivity index (χ4v) is 1.18. The van der Waals surface area contributed by atoms with Crippen molar-refractivity contribution >= 4 is 5.97 Å². The predicted octanol–water partition coefficient (Wildman–Crippen LogP) is 1.69. The number of aromatic nitrogens is 1. The Hall–Kier alpha value is -2.23. The Balaban J connectivity index is 3.45. The summed E-state index contributed by atoms with van der Waals surface area (Å²) < 4.78 is 34.4. The van der Waals surface area contributed by atoms with E-state index in [0.29, 0.717) is 0 Å². The van der Waals surface area contributed by atoms with E-state index in [2.05, 4.69) is 9.72 Å². The molecule has 0 radical (unpaired) electrons. The van der Waals surface area contributed by atoms with Gasteiger partial charge in [0.2, 0.25) is 5.88 Å². The number of alkyl halides is 2. The highest BCUT2D eigenvalue weighted by molar-refractivity contribution is 5.92. The van der Waals surface area contributed by atoms with Gasteiger partial charge < -0.3 is 9.47 Å². The van der Waals surface area contributed by atoms with Crippen molar-refractivity contribution in [2.45, 2.75) is 6.43 Å². The van der Waals surface area contributed by atoms with E-state index >= 15 is 0 Å². The van der Waals surface area contributed by atoms with E-state index in [4.69, 9.17) is 10.00 Å². The summed E-state index contributed by atoms with van der Waals surface area (Å²) in [4.78, 5) is 14.8. The third-order valence-corrected chi connectivity index (χ3v) is 1.96. The molecule has 1 heterocycles.